The number of aromatic nitrogens is 3. The molecule has 4 nitrogen and oxygen atoms in total. The Hall–Kier alpha value is -0.680. The molecule has 0 saturated carbocycles. The average Bonchev–Trinajstić information content (AvgIpc) is 2.28. The van der Waals surface area contributed by atoms with Gasteiger partial charge in [-0.25, -0.2) is 4.98 Å². The van der Waals surface area contributed by atoms with Crippen LogP contribution in [0, 0.1) is 0 Å². The molecule has 1 N–H and O–H groups in total. The van der Waals surface area contributed by atoms with Crippen molar-refractivity contribution in [1.29, 1.82) is 0 Å². The van der Waals surface area contributed by atoms with E-state index in [4.69, 9.17) is 5.11 Å². The van der Waals surface area contributed by atoms with E-state index in [9.17, 15) is 0 Å². The molecular weight excluding hydrogens is 210 g/mol. The molecule has 1 atom stereocenters. The van der Waals surface area contributed by atoms with E-state index in [0.29, 0.717) is 5.16 Å². The van der Waals surface area contributed by atoms with Gasteiger partial charge in [-0.1, -0.05) is 32.5 Å². The van der Waals surface area contributed by atoms with E-state index in [1.54, 1.807) is 0 Å². The molecule has 0 fully saturated rings. The lowest BCUT2D eigenvalue weighted by atomic mass is 10.2. The molecule has 0 aliphatic heterocycles. The van der Waals surface area contributed by atoms with Crippen LogP contribution in [0.3, 0.4) is 0 Å². The smallest absolute Gasteiger partial charge is 0.209 e. The summed E-state index contributed by atoms with van der Waals surface area (Å²) in [4.78, 5) is 4.43. The van der Waals surface area contributed by atoms with Crippen molar-refractivity contribution in [3.05, 3.63) is 11.4 Å². The minimum absolute atomic E-state index is 0.115. The third-order valence-electron chi connectivity index (χ3n) is 2.05. The summed E-state index contributed by atoms with van der Waals surface area (Å²) in [5, 5.41) is 17.9. The minimum atomic E-state index is 0.115. The molecule has 1 aromatic heterocycles. The van der Waals surface area contributed by atoms with Crippen molar-refractivity contribution in [1.82, 2.24) is 15.2 Å². The fourth-order valence-electron chi connectivity index (χ4n) is 1.19. The zero-order valence-electron chi connectivity index (χ0n) is 9.40. The first-order chi connectivity index (χ1) is 7.21. The van der Waals surface area contributed by atoms with Gasteiger partial charge in [0.2, 0.25) is 5.16 Å². The molecular formula is C10H17N3OS. The maximum atomic E-state index is 8.93. The molecule has 0 saturated heterocycles. The summed E-state index contributed by atoms with van der Waals surface area (Å²) < 4.78 is 0. The van der Waals surface area contributed by atoms with Crippen LogP contribution in [-0.2, 0) is 12.8 Å². The van der Waals surface area contributed by atoms with Crippen molar-refractivity contribution in [2.75, 3.05) is 6.61 Å². The summed E-state index contributed by atoms with van der Waals surface area (Å²) in [6.07, 6.45) is 1.74. The number of hydrogen-bond donors (Lipinski definition) is 1. The van der Waals surface area contributed by atoms with Crippen LogP contribution in [0.4, 0.5) is 0 Å². The van der Waals surface area contributed by atoms with Gasteiger partial charge in [-0.05, 0) is 12.8 Å². The number of aliphatic hydroxyl groups excluding tert-OH is 1. The lowest BCUT2D eigenvalue weighted by Gasteiger charge is -2.08. The Kier molecular flexibility index (Phi) is 4.98. The molecule has 15 heavy (non-hydrogen) atoms. The monoisotopic (exact) mass is 227 g/mol. The normalized spacial score (nSPS) is 12.8. The summed E-state index contributed by atoms with van der Waals surface area (Å²) in [7, 11) is 0. The van der Waals surface area contributed by atoms with E-state index in [2.05, 4.69) is 22.1 Å². The van der Waals surface area contributed by atoms with Gasteiger partial charge in [-0.15, -0.1) is 5.10 Å². The van der Waals surface area contributed by atoms with Crippen molar-refractivity contribution >= 4 is 11.8 Å². The van der Waals surface area contributed by atoms with Crippen LogP contribution in [0.2, 0.25) is 0 Å². The fraction of sp³-hybridized carbons (Fsp3) is 0.700. The van der Waals surface area contributed by atoms with E-state index in [0.717, 1.165) is 24.2 Å². The molecule has 84 valence electrons. The first-order valence-electron chi connectivity index (χ1n) is 5.21. The van der Waals surface area contributed by atoms with Crippen LogP contribution < -0.4 is 0 Å². The molecule has 0 aliphatic rings. The molecule has 0 aromatic carbocycles. The summed E-state index contributed by atoms with van der Waals surface area (Å²) >= 11 is 1.46. The van der Waals surface area contributed by atoms with Crippen LogP contribution in [0.15, 0.2) is 5.16 Å². The first kappa shape index (κ1) is 12.4. The molecule has 5 heteroatoms. The maximum absolute atomic E-state index is 8.93. The summed E-state index contributed by atoms with van der Waals surface area (Å²) in [6.45, 7) is 6.18. The van der Waals surface area contributed by atoms with Crippen LogP contribution in [-0.4, -0.2) is 32.1 Å². The molecule has 1 heterocycles. The minimum Gasteiger partial charge on any atom is -0.395 e. The molecule has 0 amide bonds. The van der Waals surface area contributed by atoms with Gasteiger partial charge in [0.25, 0.3) is 0 Å². The van der Waals surface area contributed by atoms with E-state index < -0.39 is 0 Å². The summed E-state index contributed by atoms with van der Waals surface area (Å²) in [5.41, 5.74) is 1.98. The van der Waals surface area contributed by atoms with Gasteiger partial charge < -0.3 is 5.11 Å². The second-order valence-corrected chi connectivity index (χ2v) is 4.71. The highest BCUT2D eigenvalue weighted by atomic mass is 32.2. The number of thioether (sulfide) groups is 1. The molecule has 1 aromatic rings. The van der Waals surface area contributed by atoms with Gasteiger partial charge in [-0.2, -0.15) is 5.10 Å². The Bertz CT molecular complexity index is 320. The van der Waals surface area contributed by atoms with Gasteiger partial charge in [0.1, 0.15) is 0 Å². The number of hydrogen-bond acceptors (Lipinski definition) is 5. The number of aliphatic hydroxyl groups is 1. The number of rotatable bonds is 5. The number of aryl methyl sites for hydroxylation is 2. The van der Waals surface area contributed by atoms with E-state index in [1.807, 2.05) is 13.8 Å². The van der Waals surface area contributed by atoms with Crippen LogP contribution in [0.5, 0.6) is 0 Å². The van der Waals surface area contributed by atoms with Gasteiger partial charge in [0.15, 0.2) is 0 Å². The topological polar surface area (TPSA) is 58.9 Å². The van der Waals surface area contributed by atoms with Crippen LogP contribution in [0.25, 0.3) is 0 Å². The van der Waals surface area contributed by atoms with E-state index in [-0.39, 0.29) is 11.9 Å². The van der Waals surface area contributed by atoms with E-state index >= 15 is 0 Å². The first-order valence-corrected chi connectivity index (χ1v) is 6.09. The SMILES string of the molecule is CCc1nnc(SC(C)CO)nc1CC. The average molecular weight is 227 g/mol. The third kappa shape index (κ3) is 3.43. The molecule has 0 aliphatic carbocycles. The van der Waals surface area contributed by atoms with Crippen molar-refractivity contribution in [3.63, 3.8) is 0 Å². The Morgan fingerprint density at radius 2 is 1.87 bits per heavy atom. The van der Waals surface area contributed by atoms with Crippen molar-refractivity contribution < 1.29 is 5.11 Å². The highest BCUT2D eigenvalue weighted by molar-refractivity contribution is 7.99. The second kappa shape index (κ2) is 6.02. The van der Waals surface area contributed by atoms with Crippen molar-refractivity contribution in [2.45, 2.75) is 44.0 Å². The highest BCUT2D eigenvalue weighted by Crippen LogP contribution is 2.19. The molecule has 0 spiro atoms. The van der Waals surface area contributed by atoms with Crippen molar-refractivity contribution in [3.8, 4) is 0 Å². The largest absolute Gasteiger partial charge is 0.395 e. The Morgan fingerprint density at radius 3 is 2.40 bits per heavy atom. The predicted octanol–water partition coefficient (Wildman–Crippen LogP) is 1.47. The fourth-order valence-corrected chi connectivity index (χ4v) is 1.87. The van der Waals surface area contributed by atoms with Crippen LogP contribution in [0.1, 0.15) is 32.2 Å². The van der Waals surface area contributed by atoms with Gasteiger partial charge in [-0.3, -0.25) is 0 Å². The van der Waals surface area contributed by atoms with Crippen molar-refractivity contribution in [2.24, 2.45) is 0 Å². The van der Waals surface area contributed by atoms with Gasteiger partial charge in [0, 0.05) is 5.25 Å². The molecule has 0 radical (unpaired) electrons. The quantitative estimate of drug-likeness (QED) is 0.772. The standard InChI is InChI=1S/C10H17N3OS/c1-4-8-9(5-2)12-13-10(11-8)15-7(3)6-14/h7,14H,4-6H2,1-3H3. The van der Waals surface area contributed by atoms with Crippen LogP contribution >= 0.6 is 11.8 Å². The van der Waals surface area contributed by atoms with Gasteiger partial charge >= 0.3 is 0 Å². The summed E-state index contributed by atoms with van der Waals surface area (Å²) in [5.74, 6) is 0. The molecule has 1 unspecified atom stereocenters. The third-order valence-corrected chi connectivity index (χ3v) is 2.99. The van der Waals surface area contributed by atoms with E-state index in [1.165, 1.54) is 11.8 Å². The lowest BCUT2D eigenvalue weighted by molar-refractivity contribution is 0.300. The maximum Gasteiger partial charge on any atom is 0.209 e. The Balaban J connectivity index is 2.83. The summed E-state index contributed by atoms with van der Waals surface area (Å²) in [6, 6.07) is 0. The Labute approximate surface area is 94.5 Å². The zero-order chi connectivity index (χ0) is 11.3. The molecule has 0 bridgehead atoms. The predicted molar refractivity (Wildman–Crippen MR) is 61.0 cm³/mol. The Morgan fingerprint density at radius 1 is 1.20 bits per heavy atom. The second-order valence-electron chi connectivity index (χ2n) is 3.31. The number of nitrogens with zero attached hydrogens (tertiary/aromatic N) is 3. The lowest BCUT2D eigenvalue weighted by Crippen LogP contribution is -2.07. The molecule has 1 rings (SSSR count). The van der Waals surface area contributed by atoms with Gasteiger partial charge in [0.05, 0.1) is 18.0 Å². The highest BCUT2D eigenvalue weighted by Gasteiger charge is 2.09. The zero-order valence-corrected chi connectivity index (χ0v) is 10.2.